The lowest BCUT2D eigenvalue weighted by Gasteiger charge is -2.35. The number of ether oxygens (including phenoxy) is 2. The van der Waals surface area contributed by atoms with Gasteiger partial charge in [-0.1, -0.05) is 6.92 Å². The van der Waals surface area contributed by atoms with Crippen molar-refractivity contribution in [3.63, 3.8) is 0 Å². The van der Waals surface area contributed by atoms with E-state index in [1.807, 2.05) is 32.8 Å². The van der Waals surface area contributed by atoms with Gasteiger partial charge in [0.2, 0.25) is 5.91 Å². The largest absolute Gasteiger partial charge is 0.490 e. The van der Waals surface area contributed by atoms with Crippen LogP contribution >= 0.6 is 0 Å². The minimum absolute atomic E-state index is 0.0631. The number of aliphatic hydroxyl groups is 1. The number of carbonyl (C=O) groups excluding carboxylic acids is 2. The molecular formula is C27H42F3N3O5. The molecule has 1 aromatic carbocycles. The highest BCUT2D eigenvalue weighted by Gasteiger charge is 2.31. The molecule has 0 saturated carbocycles. The second-order valence-electron chi connectivity index (χ2n) is 10.4. The summed E-state index contributed by atoms with van der Waals surface area (Å²) in [7, 11) is 3.92. The molecule has 1 aliphatic rings. The molecule has 0 aromatic heterocycles. The third-order valence-corrected chi connectivity index (χ3v) is 6.52. The first-order chi connectivity index (χ1) is 17.8. The number of fused-ring (bicyclic) bond motifs is 1. The number of aliphatic hydroxyl groups excluding tert-OH is 1. The predicted molar refractivity (Wildman–Crippen MR) is 139 cm³/mol. The molecule has 8 nitrogen and oxygen atoms in total. The molecule has 0 spiro atoms. The van der Waals surface area contributed by atoms with Gasteiger partial charge < -0.3 is 29.7 Å². The van der Waals surface area contributed by atoms with E-state index in [4.69, 9.17) is 9.47 Å². The smallest absolute Gasteiger partial charge is 0.389 e. The summed E-state index contributed by atoms with van der Waals surface area (Å²) >= 11 is 0. The Kier molecular flexibility index (Phi) is 12.3. The molecule has 1 aromatic rings. The van der Waals surface area contributed by atoms with E-state index in [9.17, 15) is 27.9 Å². The lowest BCUT2D eigenvalue weighted by atomic mass is 10.0. The zero-order valence-electron chi connectivity index (χ0n) is 23.0. The Morgan fingerprint density at radius 2 is 1.97 bits per heavy atom. The number of rotatable bonds is 7. The van der Waals surface area contributed by atoms with E-state index < -0.39 is 36.9 Å². The monoisotopic (exact) mass is 545 g/mol. The number of hydrogen-bond acceptors (Lipinski definition) is 6. The fourth-order valence-electron chi connectivity index (χ4n) is 4.30. The summed E-state index contributed by atoms with van der Waals surface area (Å²) in [6, 6.07) is 3.97. The van der Waals surface area contributed by atoms with Crippen molar-refractivity contribution < 1.29 is 37.3 Å². The fraction of sp³-hybridized carbons (Fsp3) is 0.704. The minimum atomic E-state index is -4.44. The van der Waals surface area contributed by atoms with Gasteiger partial charge in [0.05, 0.1) is 36.8 Å². The molecule has 216 valence electrons. The van der Waals surface area contributed by atoms with Gasteiger partial charge in [-0.05, 0) is 65.4 Å². The fourth-order valence-corrected chi connectivity index (χ4v) is 4.30. The average molecular weight is 546 g/mol. The van der Waals surface area contributed by atoms with Gasteiger partial charge in [-0.15, -0.1) is 0 Å². The Bertz CT molecular complexity index is 912. The number of nitrogens with one attached hydrogen (secondary N) is 1. The Morgan fingerprint density at radius 1 is 1.26 bits per heavy atom. The topological polar surface area (TPSA) is 91.3 Å². The molecule has 1 heterocycles. The lowest BCUT2D eigenvalue weighted by molar-refractivity contribution is -0.142. The van der Waals surface area contributed by atoms with Gasteiger partial charge in [-0.25, -0.2) is 0 Å². The normalized spacial score (nSPS) is 22.8. The number of hydrogen-bond donors (Lipinski definition) is 2. The number of halogens is 3. The van der Waals surface area contributed by atoms with Crippen molar-refractivity contribution in [3.8, 4) is 5.75 Å². The van der Waals surface area contributed by atoms with Crippen LogP contribution in [0.1, 0.15) is 63.2 Å². The number of nitrogens with zero attached hydrogens (tertiary/aromatic N) is 2. The summed E-state index contributed by atoms with van der Waals surface area (Å²) in [6.07, 6.45) is -4.29. The third kappa shape index (κ3) is 10.4. The van der Waals surface area contributed by atoms with Crippen LogP contribution < -0.4 is 10.1 Å². The standard InChI is InChI=1S/C27H42F3N3O5/c1-18-15-33(19(2)17-34)26(36)22-14-21(31-25(35)11-12-27(28,29)30)9-10-23(22)38-20(3)8-6-7-13-37-24(18)16-32(4)5/h9-10,14,18-20,24,34H,6-8,11-13,15-17H2,1-5H3,(H,31,35)/t18-,19+,20+,24-/m1/s1. The van der Waals surface area contributed by atoms with Crippen LogP contribution in [0, 0.1) is 5.92 Å². The van der Waals surface area contributed by atoms with E-state index >= 15 is 0 Å². The molecule has 2 amide bonds. The Balaban J connectivity index is 2.43. The molecule has 4 atom stereocenters. The minimum Gasteiger partial charge on any atom is -0.490 e. The second kappa shape index (κ2) is 14.7. The van der Waals surface area contributed by atoms with E-state index in [1.54, 1.807) is 17.9 Å². The summed E-state index contributed by atoms with van der Waals surface area (Å²) in [5.41, 5.74) is 0.361. The molecule has 0 fully saturated rings. The summed E-state index contributed by atoms with van der Waals surface area (Å²) in [5.74, 6) is -0.959. The zero-order valence-corrected chi connectivity index (χ0v) is 23.0. The Labute approximate surface area is 223 Å². The maximum absolute atomic E-state index is 13.9. The number of anilines is 1. The van der Waals surface area contributed by atoms with Crippen molar-refractivity contribution in [2.45, 2.75) is 77.3 Å². The highest BCUT2D eigenvalue weighted by molar-refractivity contribution is 5.99. The van der Waals surface area contributed by atoms with Crippen LogP contribution in [0.25, 0.3) is 0 Å². The number of benzene rings is 1. The van der Waals surface area contributed by atoms with Crippen molar-refractivity contribution in [1.29, 1.82) is 0 Å². The molecular weight excluding hydrogens is 503 g/mol. The van der Waals surface area contributed by atoms with Crippen LogP contribution in [0.15, 0.2) is 18.2 Å². The number of carbonyl (C=O) groups is 2. The molecule has 0 unspecified atom stereocenters. The van der Waals surface area contributed by atoms with E-state index in [0.717, 1.165) is 19.3 Å². The van der Waals surface area contributed by atoms with Gasteiger partial charge in [0.1, 0.15) is 5.75 Å². The average Bonchev–Trinajstić information content (AvgIpc) is 2.83. The van der Waals surface area contributed by atoms with Crippen molar-refractivity contribution >= 4 is 17.5 Å². The van der Waals surface area contributed by atoms with Crippen molar-refractivity contribution in [1.82, 2.24) is 9.80 Å². The van der Waals surface area contributed by atoms with Gasteiger partial charge in [0.25, 0.3) is 5.91 Å². The van der Waals surface area contributed by atoms with Crippen LogP contribution in [0.2, 0.25) is 0 Å². The van der Waals surface area contributed by atoms with Crippen molar-refractivity contribution in [2.24, 2.45) is 5.92 Å². The van der Waals surface area contributed by atoms with E-state index in [2.05, 4.69) is 5.32 Å². The maximum atomic E-state index is 13.9. The highest BCUT2D eigenvalue weighted by Crippen LogP contribution is 2.29. The Morgan fingerprint density at radius 3 is 2.61 bits per heavy atom. The first-order valence-corrected chi connectivity index (χ1v) is 13.2. The lowest BCUT2D eigenvalue weighted by Crippen LogP contribution is -2.47. The molecule has 0 saturated heterocycles. The number of alkyl halides is 3. The van der Waals surface area contributed by atoms with Gasteiger partial charge in [0, 0.05) is 37.7 Å². The van der Waals surface area contributed by atoms with Crippen molar-refractivity contribution in [3.05, 3.63) is 23.8 Å². The first kappa shape index (κ1) is 31.8. The quantitative estimate of drug-likeness (QED) is 0.530. The number of amides is 2. The highest BCUT2D eigenvalue weighted by atomic mass is 19.4. The number of likely N-dealkylation sites (N-methyl/N-ethyl adjacent to an activating group) is 1. The van der Waals surface area contributed by atoms with Crippen LogP contribution in [-0.2, 0) is 9.53 Å². The third-order valence-electron chi connectivity index (χ3n) is 6.52. The predicted octanol–water partition coefficient (Wildman–Crippen LogP) is 4.32. The van der Waals surface area contributed by atoms with E-state index in [-0.39, 0.29) is 36.0 Å². The van der Waals surface area contributed by atoms with Gasteiger partial charge in [0.15, 0.2) is 0 Å². The molecule has 2 N–H and O–H groups in total. The summed E-state index contributed by atoms with van der Waals surface area (Å²) < 4.78 is 49.9. The molecule has 0 radical (unpaired) electrons. The molecule has 2 rings (SSSR count). The SMILES string of the molecule is C[C@@H]1CN([C@@H](C)CO)C(=O)c2cc(NC(=O)CCC(F)(F)F)ccc2O[C@@H](C)CCCCO[C@@H]1CN(C)C. The maximum Gasteiger partial charge on any atom is 0.389 e. The van der Waals surface area contributed by atoms with E-state index in [0.29, 0.717) is 25.4 Å². The van der Waals surface area contributed by atoms with Crippen LogP contribution in [0.5, 0.6) is 5.75 Å². The molecule has 38 heavy (non-hydrogen) atoms. The van der Waals surface area contributed by atoms with Crippen molar-refractivity contribution in [2.75, 3.05) is 45.7 Å². The van der Waals surface area contributed by atoms with Crippen LogP contribution in [0.4, 0.5) is 18.9 Å². The van der Waals surface area contributed by atoms with E-state index in [1.165, 1.54) is 12.1 Å². The first-order valence-electron chi connectivity index (χ1n) is 13.2. The molecule has 11 heteroatoms. The second-order valence-corrected chi connectivity index (χ2v) is 10.4. The molecule has 0 aliphatic carbocycles. The zero-order chi connectivity index (χ0) is 28.5. The summed E-state index contributed by atoms with van der Waals surface area (Å²) in [6.45, 7) is 6.93. The Hall–Kier alpha value is -2.37. The van der Waals surface area contributed by atoms with Gasteiger partial charge in [-0.2, -0.15) is 13.2 Å². The van der Waals surface area contributed by atoms with Gasteiger partial charge >= 0.3 is 6.18 Å². The van der Waals surface area contributed by atoms with Crippen LogP contribution in [-0.4, -0.2) is 91.5 Å². The summed E-state index contributed by atoms with van der Waals surface area (Å²) in [4.78, 5) is 29.6. The summed E-state index contributed by atoms with van der Waals surface area (Å²) in [5, 5.41) is 12.4. The van der Waals surface area contributed by atoms with Gasteiger partial charge in [-0.3, -0.25) is 9.59 Å². The molecule has 0 bridgehead atoms. The van der Waals surface area contributed by atoms with Crippen LogP contribution in [0.3, 0.4) is 0 Å². The molecule has 1 aliphatic heterocycles.